The summed E-state index contributed by atoms with van der Waals surface area (Å²) in [5.74, 6) is 6.51. The van der Waals surface area contributed by atoms with Crippen molar-refractivity contribution in [3.05, 3.63) is 0 Å². The van der Waals surface area contributed by atoms with E-state index in [1.807, 2.05) is 6.92 Å². The van der Waals surface area contributed by atoms with Crippen LogP contribution in [0.25, 0.3) is 0 Å². The van der Waals surface area contributed by atoms with Crippen molar-refractivity contribution in [1.29, 1.82) is 0 Å². The van der Waals surface area contributed by atoms with Gasteiger partial charge in [-0.05, 0) is 19.9 Å². The first kappa shape index (κ1) is 11.8. The summed E-state index contributed by atoms with van der Waals surface area (Å²) < 4.78 is 5.22. The molecule has 0 rings (SSSR count). The second-order valence-electron chi connectivity index (χ2n) is 2.31. The van der Waals surface area contributed by atoms with Gasteiger partial charge in [0.15, 0.2) is 0 Å². The van der Waals surface area contributed by atoms with Crippen molar-refractivity contribution in [3.8, 4) is 11.8 Å². The fraction of sp³-hybridized carbons (Fsp3) is 0.778. The molecule has 0 saturated heterocycles. The molecule has 0 atom stereocenters. The molecule has 0 amide bonds. The highest BCUT2D eigenvalue weighted by Gasteiger charge is 1.86. The van der Waals surface area contributed by atoms with Gasteiger partial charge in [0.1, 0.15) is 6.61 Å². The van der Waals surface area contributed by atoms with Crippen molar-refractivity contribution in [3.63, 3.8) is 0 Å². The third-order valence-electron chi connectivity index (χ3n) is 1.28. The maximum Gasteiger partial charge on any atom is 0.107 e. The quantitative estimate of drug-likeness (QED) is 0.351. The van der Waals surface area contributed by atoms with Gasteiger partial charge in [-0.2, -0.15) is 12.6 Å². The first-order chi connectivity index (χ1) is 5.91. The Morgan fingerprint density at radius 2 is 2.25 bits per heavy atom. The first-order valence-corrected chi connectivity index (χ1v) is 4.84. The fourth-order valence-electron chi connectivity index (χ4n) is 0.699. The van der Waals surface area contributed by atoms with Crippen LogP contribution < -0.4 is 5.32 Å². The standard InChI is InChI=1S/C9H17NOS/c1-2-3-7-11-8-4-5-10-6-9-12/h10,12H,4-9H2,1H3. The van der Waals surface area contributed by atoms with Gasteiger partial charge in [0.2, 0.25) is 0 Å². The molecule has 0 aromatic heterocycles. The fourth-order valence-corrected chi connectivity index (χ4v) is 0.857. The monoisotopic (exact) mass is 187 g/mol. The summed E-state index contributed by atoms with van der Waals surface area (Å²) in [7, 11) is 0. The molecule has 12 heavy (non-hydrogen) atoms. The maximum atomic E-state index is 5.22. The van der Waals surface area contributed by atoms with E-state index in [1.165, 1.54) is 0 Å². The van der Waals surface area contributed by atoms with Gasteiger partial charge in [-0.15, -0.1) is 5.92 Å². The Morgan fingerprint density at radius 3 is 2.92 bits per heavy atom. The van der Waals surface area contributed by atoms with E-state index in [0.29, 0.717) is 6.61 Å². The number of hydrogen-bond acceptors (Lipinski definition) is 3. The van der Waals surface area contributed by atoms with Crippen LogP contribution in [0, 0.1) is 11.8 Å². The summed E-state index contributed by atoms with van der Waals surface area (Å²) >= 11 is 4.08. The minimum Gasteiger partial charge on any atom is -0.369 e. The van der Waals surface area contributed by atoms with Gasteiger partial charge in [0.25, 0.3) is 0 Å². The molecule has 0 heterocycles. The Bertz CT molecular complexity index is 139. The van der Waals surface area contributed by atoms with E-state index >= 15 is 0 Å². The number of rotatable bonds is 7. The molecular weight excluding hydrogens is 170 g/mol. The molecule has 3 heteroatoms. The van der Waals surface area contributed by atoms with E-state index < -0.39 is 0 Å². The van der Waals surface area contributed by atoms with Crippen LogP contribution in [0.5, 0.6) is 0 Å². The Balaban J connectivity index is 2.84. The molecular formula is C9H17NOS. The normalized spacial score (nSPS) is 9.17. The minimum atomic E-state index is 0.559. The summed E-state index contributed by atoms with van der Waals surface area (Å²) in [4.78, 5) is 0. The van der Waals surface area contributed by atoms with Crippen molar-refractivity contribution in [2.75, 3.05) is 32.1 Å². The van der Waals surface area contributed by atoms with E-state index in [9.17, 15) is 0 Å². The van der Waals surface area contributed by atoms with E-state index in [4.69, 9.17) is 4.74 Å². The molecule has 0 unspecified atom stereocenters. The summed E-state index contributed by atoms with van der Waals surface area (Å²) in [6.07, 6.45) is 1.04. The SMILES string of the molecule is CC#CCOCCCNCCS. The largest absolute Gasteiger partial charge is 0.369 e. The van der Waals surface area contributed by atoms with Crippen LogP contribution in [0.3, 0.4) is 0 Å². The van der Waals surface area contributed by atoms with E-state index in [-0.39, 0.29) is 0 Å². The van der Waals surface area contributed by atoms with E-state index in [2.05, 4.69) is 29.8 Å². The van der Waals surface area contributed by atoms with E-state index in [1.54, 1.807) is 0 Å². The van der Waals surface area contributed by atoms with Crippen molar-refractivity contribution in [1.82, 2.24) is 5.32 Å². The molecule has 0 aliphatic carbocycles. The molecule has 2 nitrogen and oxygen atoms in total. The Hall–Kier alpha value is -0.170. The Kier molecular flexibility index (Phi) is 10.7. The van der Waals surface area contributed by atoms with Crippen LogP contribution >= 0.6 is 12.6 Å². The highest BCUT2D eigenvalue weighted by molar-refractivity contribution is 7.80. The number of ether oxygens (including phenoxy) is 1. The molecule has 0 aliphatic heterocycles. The lowest BCUT2D eigenvalue weighted by Gasteiger charge is -2.01. The van der Waals surface area contributed by atoms with Crippen molar-refractivity contribution in [2.45, 2.75) is 13.3 Å². The molecule has 0 aromatic rings. The van der Waals surface area contributed by atoms with Crippen LogP contribution in [0.1, 0.15) is 13.3 Å². The third-order valence-corrected chi connectivity index (χ3v) is 1.51. The summed E-state index contributed by atoms with van der Waals surface area (Å²) in [6.45, 7) is 5.13. The molecule has 0 fully saturated rings. The van der Waals surface area contributed by atoms with Gasteiger partial charge in [-0.1, -0.05) is 5.92 Å². The molecule has 0 spiro atoms. The molecule has 1 N–H and O–H groups in total. The number of nitrogens with one attached hydrogen (secondary N) is 1. The van der Waals surface area contributed by atoms with Gasteiger partial charge >= 0.3 is 0 Å². The molecule has 0 bridgehead atoms. The molecule has 0 aliphatic rings. The van der Waals surface area contributed by atoms with E-state index in [0.717, 1.165) is 31.9 Å². The number of thiol groups is 1. The van der Waals surface area contributed by atoms with Crippen molar-refractivity contribution >= 4 is 12.6 Å². The average molecular weight is 187 g/mol. The minimum absolute atomic E-state index is 0.559. The third kappa shape index (κ3) is 9.83. The maximum absolute atomic E-state index is 5.22. The average Bonchev–Trinajstić information content (AvgIpc) is 2.10. The lowest BCUT2D eigenvalue weighted by molar-refractivity contribution is 0.164. The zero-order valence-electron chi connectivity index (χ0n) is 7.60. The number of hydrogen-bond donors (Lipinski definition) is 2. The second kappa shape index (κ2) is 10.8. The van der Waals surface area contributed by atoms with Crippen molar-refractivity contribution in [2.24, 2.45) is 0 Å². The lowest BCUT2D eigenvalue weighted by atomic mass is 10.4. The predicted octanol–water partition coefficient (Wildman–Crippen LogP) is 0.936. The van der Waals surface area contributed by atoms with Crippen LogP contribution in [0.2, 0.25) is 0 Å². The molecule has 70 valence electrons. The summed E-state index contributed by atoms with van der Waals surface area (Å²) in [5.41, 5.74) is 0. The van der Waals surface area contributed by atoms with Crippen LogP contribution in [0.4, 0.5) is 0 Å². The highest BCUT2D eigenvalue weighted by atomic mass is 32.1. The highest BCUT2D eigenvalue weighted by Crippen LogP contribution is 1.80. The topological polar surface area (TPSA) is 21.3 Å². The Morgan fingerprint density at radius 1 is 1.42 bits per heavy atom. The van der Waals surface area contributed by atoms with Gasteiger partial charge in [-0.3, -0.25) is 0 Å². The summed E-state index contributed by atoms with van der Waals surface area (Å²) in [6, 6.07) is 0. The van der Waals surface area contributed by atoms with Gasteiger partial charge in [0, 0.05) is 18.9 Å². The van der Waals surface area contributed by atoms with Crippen molar-refractivity contribution < 1.29 is 4.74 Å². The smallest absolute Gasteiger partial charge is 0.107 e. The summed E-state index contributed by atoms with van der Waals surface area (Å²) in [5, 5.41) is 3.23. The van der Waals surface area contributed by atoms with Crippen LogP contribution in [0.15, 0.2) is 0 Å². The Labute approximate surface area is 80.5 Å². The molecule has 0 saturated carbocycles. The molecule has 0 radical (unpaired) electrons. The molecule has 0 aromatic carbocycles. The first-order valence-electron chi connectivity index (χ1n) is 4.20. The zero-order chi connectivity index (χ0) is 9.07. The van der Waals surface area contributed by atoms with Gasteiger partial charge in [0.05, 0.1) is 0 Å². The second-order valence-corrected chi connectivity index (χ2v) is 2.75. The zero-order valence-corrected chi connectivity index (χ0v) is 8.49. The van der Waals surface area contributed by atoms with Crippen LogP contribution in [-0.2, 0) is 4.74 Å². The van der Waals surface area contributed by atoms with Crippen LogP contribution in [-0.4, -0.2) is 32.1 Å². The predicted molar refractivity (Wildman–Crippen MR) is 55.6 cm³/mol. The van der Waals surface area contributed by atoms with Gasteiger partial charge in [-0.25, -0.2) is 0 Å². The van der Waals surface area contributed by atoms with Gasteiger partial charge < -0.3 is 10.1 Å². The lowest BCUT2D eigenvalue weighted by Crippen LogP contribution is -2.19.